The van der Waals surface area contributed by atoms with Crippen LogP contribution >= 0.6 is 0 Å². The minimum atomic E-state index is 0.694. The number of anilines is 1. The van der Waals surface area contributed by atoms with Gasteiger partial charge in [-0.15, -0.1) is 0 Å². The SMILES string of the molecule is N#Cc1ccc2c(c1)NNC2. The Morgan fingerprint density at radius 1 is 1.45 bits per heavy atom. The van der Waals surface area contributed by atoms with Crippen molar-refractivity contribution < 1.29 is 0 Å². The van der Waals surface area contributed by atoms with E-state index in [1.807, 2.05) is 18.2 Å². The fraction of sp³-hybridized carbons (Fsp3) is 0.125. The van der Waals surface area contributed by atoms with Gasteiger partial charge in [0.15, 0.2) is 0 Å². The summed E-state index contributed by atoms with van der Waals surface area (Å²) in [6, 6.07) is 7.72. The van der Waals surface area contributed by atoms with Crippen LogP contribution in [0.15, 0.2) is 18.2 Å². The molecule has 0 aliphatic carbocycles. The average Bonchev–Trinajstić information content (AvgIpc) is 2.50. The van der Waals surface area contributed by atoms with E-state index in [2.05, 4.69) is 16.9 Å². The molecule has 0 bridgehead atoms. The fourth-order valence-electron chi connectivity index (χ4n) is 1.15. The van der Waals surface area contributed by atoms with Crippen molar-refractivity contribution in [1.29, 1.82) is 5.26 Å². The summed E-state index contributed by atoms with van der Waals surface area (Å²) in [5.41, 5.74) is 8.88. The molecule has 0 amide bonds. The van der Waals surface area contributed by atoms with Crippen molar-refractivity contribution in [3.8, 4) is 6.07 Å². The molecular formula is C8H7N3. The highest BCUT2D eigenvalue weighted by atomic mass is 15.4. The monoisotopic (exact) mass is 145 g/mol. The van der Waals surface area contributed by atoms with Crippen LogP contribution in [0.4, 0.5) is 5.69 Å². The van der Waals surface area contributed by atoms with Crippen LogP contribution < -0.4 is 10.9 Å². The topological polar surface area (TPSA) is 47.9 Å². The average molecular weight is 145 g/mol. The van der Waals surface area contributed by atoms with Crippen molar-refractivity contribution in [3.05, 3.63) is 29.3 Å². The van der Waals surface area contributed by atoms with Gasteiger partial charge in [0, 0.05) is 6.54 Å². The Balaban J connectivity index is 2.51. The maximum absolute atomic E-state index is 8.57. The van der Waals surface area contributed by atoms with Crippen LogP contribution in [0.3, 0.4) is 0 Å². The summed E-state index contributed by atoms with van der Waals surface area (Å²) in [6.07, 6.45) is 0. The molecule has 1 aliphatic heterocycles. The van der Waals surface area contributed by atoms with E-state index in [0.717, 1.165) is 12.2 Å². The smallest absolute Gasteiger partial charge is 0.0992 e. The minimum absolute atomic E-state index is 0.694. The van der Waals surface area contributed by atoms with Crippen molar-refractivity contribution in [2.45, 2.75) is 6.54 Å². The highest BCUT2D eigenvalue weighted by molar-refractivity contribution is 5.57. The van der Waals surface area contributed by atoms with Crippen LogP contribution in [0.25, 0.3) is 0 Å². The molecule has 1 heterocycles. The van der Waals surface area contributed by atoms with E-state index >= 15 is 0 Å². The standard InChI is InChI=1S/C8H7N3/c9-4-6-1-2-7-5-10-11-8(7)3-6/h1-3,10-11H,5H2. The number of nitrogens with zero attached hydrogens (tertiary/aromatic N) is 1. The molecule has 3 heteroatoms. The fourth-order valence-corrected chi connectivity index (χ4v) is 1.15. The molecule has 0 aromatic heterocycles. The molecule has 0 radical (unpaired) electrons. The molecule has 0 spiro atoms. The third kappa shape index (κ3) is 0.935. The van der Waals surface area contributed by atoms with Crippen molar-refractivity contribution in [2.75, 3.05) is 5.43 Å². The van der Waals surface area contributed by atoms with Crippen LogP contribution in [0.1, 0.15) is 11.1 Å². The number of hydrogen-bond donors (Lipinski definition) is 2. The zero-order valence-corrected chi connectivity index (χ0v) is 5.89. The van der Waals surface area contributed by atoms with E-state index in [0.29, 0.717) is 5.56 Å². The van der Waals surface area contributed by atoms with Gasteiger partial charge in [0.2, 0.25) is 0 Å². The van der Waals surface area contributed by atoms with Gasteiger partial charge >= 0.3 is 0 Å². The number of nitriles is 1. The largest absolute Gasteiger partial charge is 0.321 e. The summed E-state index contributed by atoms with van der Waals surface area (Å²) in [5.74, 6) is 0. The summed E-state index contributed by atoms with van der Waals surface area (Å²) in [5, 5.41) is 8.57. The first-order chi connectivity index (χ1) is 5.40. The quantitative estimate of drug-likeness (QED) is 0.572. The molecule has 0 saturated carbocycles. The normalized spacial score (nSPS) is 13.4. The number of fused-ring (bicyclic) bond motifs is 1. The molecule has 2 rings (SSSR count). The van der Waals surface area contributed by atoms with Gasteiger partial charge in [-0.3, -0.25) is 0 Å². The summed E-state index contributed by atoms with van der Waals surface area (Å²) in [6.45, 7) is 0.834. The summed E-state index contributed by atoms with van der Waals surface area (Å²) >= 11 is 0. The lowest BCUT2D eigenvalue weighted by Gasteiger charge is -1.96. The zero-order chi connectivity index (χ0) is 7.68. The van der Waals surface area contributed by atoms with Crippen molar-refractivity contribution in [3.63, 3.8) is 0 Å². The van der Waals surface area contributed by atoms with Gasteiger partial charge in [-0.2, -0.15) is 5.26 Å². The molecule has 0 fully saturated rings. The number of benzene rings is 1. The summed E-state index contributed by atoms with van der Waals surface area (Å²) < 4.78 is 0. The van der Waals surface area contributed by atoms with Crippen LogP contribution in [0.5, 0.6) is 0 Å². The molecule has 1 aromatic carbocycles. The first-order valence-corrected chi connectivity index (χ1v) is 3.42. The van der Waals surface area contributed by atoms with Gasteiger partial charge in [-0.1, -0.05) is 6.07 Å². The van der Waals surface area contributed by atoms with Gasteiger partial charge in [0.25, 0.3) is 0 Å². The molecule has 54 valence electrons. The Morgan fingerprint density at radius 3 is 3.18 bits per heavy atom. The molecule has 11 heavy (non-hydrogen) atoms. The molecule has 2 N–H and O–H groups in total. The molecular weight excluding hydrogens is 138 g/mol. The Morgan fingerprint density at radius 2 is 2.36 bits per heavy atom. The Labute approximate surface area is 64.6 Å². The van der Waals surface area contributed by atoms with E-state index in [1.165, 1.54) is 5.56 Å². The first kappa shape index (κ1) is 6.20. The minimum Gasteiger partial charge on any atom is -0.321 e. The molecule has 0 unspecified atom stereocenters. The third-order valence-corrected chi connectivity index (χ3v) is 1.74. The molecule has 3 nitrogen and oxygen atoms in total. The van der Waals surface area contributed by atoms with Crippen LogP contribution in [-0.4, -0.2) is 0 Å². The highest BCUT2D eigenvalue weighted by Crippen LogP contribution is 2.20. The maximum atomic E-state index is 8.57. The first-order valence-electron chi connectivity index (χ1n) is 3.42. The number of rotatable bonds is 0. The predicted molar refractivity (Wildman–Crippen MR) is 41.6 cm³/mol. The lowest BCUT2D eigenvalue weighted by atomic mass is 10.1. The van der Waals surface area contributed by atoms with Crippen molar-refractivity contribution >= 4 is 5.69 Å². The second kappa shape index (κ2) is 2.26. The summed E-state index contributed by atoms with van der Waals surface area (Å²) in [4.78, 5) is 0. The van der Waals surface area contributed by atoms with E-state index in [4.69, 9.17) is 5.26 Å². The van der Waals surface area contributed by atoms with E-state index in [1.54, 1.807) is 0 Å². The Kier molecular flexibility index (Phi) is 1.27. The maximum Gasteiger partial charge on any atom is 0.0992 e. The van der Waals surface area contributed by atoms with Gasteiger partial charge in [-0.05, 0) is 17.7 Å². The second-order valence-electron chi connectivity index (χ2n) is 2.46. The van der Waals surface area contributed by atoms with Crippen molar-refractivity contribution in [1.82, 2.24) is 5.43 Å². The zero-order valence-electron chi connectivity index (χ0n) is 5.89. The van der Waals surface area contributed by atoms with Gasteiger partial charge in [-0.25, -0.2) is 5.43 Å². The van der Waals surface area contributed by atoms with Crippen LogP contribution in [0.2, 0.25) is 0 Å². The highest BCUT2D eigenvalue weighted by Gasteiger charge is 2.08. The van der Waals surface area contributed by atoms with Gasteiger partial charge in [0.05, 0.1) is 17.3 Å². The summed E-state index contributed by atoms with van der Waals surface area (Å²) in [7, 11) is 0. The van der Waals surface area contributed by atoms with Crippen LogP contribution in [0, 0.1) is 11.3 Å². The molecule has 1 aromatic rings. The van der Waals surface area contributed by atoms with E-state index in [9.17, 15) is 0 Å². The van der Waals surface area contributed by atoms with E-state index in [-0.39, 0.29) is 0 Å². The number of hydrazine groups is 1. The Hall–Kier alpha value is -1.53. The second-order valence-corrected chi connectivity index (χ2v) is 2.46. The molecule has 1 aliphatic rings. The Bertz CT molecular complexity index is 325. The predicted octanol–water partition coefficient (Wildman–Crippen LogP) is 0.988. The van der Waals surface area contributed by atoms with Crippen molar-refractivity contribution in [2.24, 2.45) is 0 Å². The molecule has 0 saturated heterocycles. The number of hydrogen-bond acceptors (Lipinski definition) is 3. The number of nitrogens with one attached hydrogen (secondary N) is 2. The van der Waals surface area contributed by atoms with Crippen LogP contribution in [-0.2, 0) is 6.54 Å². The lowest BCUT2D eigenvalue weighted by molar-refractivity contribution is 0.860. The van der Waals surface area contributed by atoms with E-state index < -0.39 is 0 Å². The molecule has 0 atom stereocenters. The van der Waals surface area contributed by atoms with Gasteiger partial charge < -0.3 is 5.43 Å². The van der Waals surface area contributed by atoms with Gasteiger partial charge in [0.1, 0.15) is 0 Å². The lowest BCUT2D eigenvalue weighted by Crippen LogP contribution is -2.10. The third-order valence-electron chi connectivity index (χ3n) is 1.74.